The van der Waals surface area contributed by atoms with Gasteiger partial charge in [-0.15, -0.1) is 0 Å². The van der Waals surface area contributed by atoms with E-state index in [0.717, 1.165) is 12.1 Å². The maximum absolute atomic E-state index is 12.9. The predicted octanol–water partition coefficient (Wildman–Crippen LogP) is 2.47. The molecule has 0 spiro atoms. The molecule has 0 radical (unpaired) electrons. The number of carbonyl (C=O) groups excluding carboxylic acids is 1. The Labute approximate surface area is 167 Å². The SMILES string of the molecule is CC(C)Cn1c(SCC(=O)N2CCc3ccccc32)nc2cn(C)nc2c1=O. The molecule has 1 amide bonds. The number of fused-ring (bicyclic) bond motifs is 2. The molecule has 1 aromatic carbocycles. The molecule has 0 atom stereocenters. The number of anilines is 1. The highest BCUT2D eigenvalue weighted by atomic mass is 32.2. The van der Waals surface area contributed by atoms with Gasteiger partial charge in [-0.2, -0.15) is 5.10 Å². The van der Waals surface area contributed by atoms with E-state index in [1.54, 1.807) is 22.5 Å². The second-order valence-electron chi connectivity index (χ2n) is 7.45. The summed E-state index contributed by atoms with van der Waals surface area (Å²) < 4.78 is 3.25. The van der Waals surface area contributed by atoms with E-state index in [2.05, 4.69) is 30.0 Å². The zero-order chi connectivity index (χ0) is 19.8. The normalized spacial score (nSPS) is 13.5. The number of aromatic nitrogens is 4. The van der Waals surface area contributed by atoms with Crippen molar-refractivity contribution >= 4 is 34.4 Å². The standard InChI is InChI=1S/C20H23N5O2S/c1-13(2)10-25-19(27)18-15(11-23(3)22-18)21-20(25)28-12-17(26)24-9-8-14-6-4-5-7-16(14)24/h4-7,11,13H,8-10,12H2,1-3H3. The Kier molecular flexibility index (Phi) is 4.97. The summed E-state index contributed by atoms with van der Waals surface area (Å²) in [4.78, 5) is 32.2. The molecule has 2 aromatic heterocycles. The maximum atomic E-state index is 12.9. The predicted molar refractivity (Wildman–Crippen MR) is 111 cm³/mol. The number of hydrogen-bond acceptors (Lipinski definition) is 5. The first-order valence-electron chi connectivity index (χ1n) is 9.39. The molecule has 146 valence electrons. The van der Waals surface area contributed by atoms with Crippen LogP contribution in [0.5, 0.6) is 0 Å². The van der Waals surface area contributed by atoms with Crippen LogP contribution in [0.3, 0.4) is 0 Å². The summed E-state index contributed by atoms with van der Waals surface area (Å²) in [5, 5.41) is 4.81. The summed E-state index contributed by atoms with van der Waals surface area (Å²) in [6, 6.07) is 8.00. The number of rotatable bonds is 5. The minimum atomic E-state index is -0.152. The average Bonchev–Trinajstić information content (AvgIpc) is 3.25. The summed E-state index contributed by atoms with van der Waals surface area (Å²) in [7, 11) is 1.77. The fraction of sp³-hybridized carbons (Fsp3) is 0.400. The topological polar surface area (TPSA) is 73.0 Å². The summed E-state index contributed by atoms with van der Waals surface area (Å²) >= 11 is 1.32. The third-order valence-electron chi connectivity index (χ3n) is 4.76. The summed E-state index contributed by atoms with van der Waals surface area (Å²) in [5.41, 5.74) is 2.97. The first-order valence-corrected chi connectivity index (χ1v) is 10.4. The van der Waals surface area contributed by atoms with Gasteiger partial charge in [0.15, 0.2) is 10.7 Å². The van der Waals surface area contributed by atoms with Crippen molar-refractivity contribution in [2.45, 2.75) is 32.0 Å². The molecule has 4 rings (SSSR count). The Morgan fingerprint density at radius 1 is 1.29 bits per heavy atom. The Morgan fingerprint density at radius 2 is 2.07 bits per heavy atom. The molecule has 3 aromatic rings. The van der Waals surface area contributed by atoms with Gasteiger partial charge in [0.05, 0.1) is 11.9 Å². The van der Waals surface area contributed by atoms with Crippen molar-refractivity contribution in [3.63, 3.8) is 0 Å². The van der Waals surface area contributed by atoms with Crippen LogP contribution in [0.4, 0.5) is 5.69 Å². The number of hydrogen-bond donors (Lipinski definition) is 0. The summed E-state index contributed by atoms with van der Waals surface area (Å²) in [6.07, 6.45) is 2.61. The maximum Gasteiger partial charge on any atom is 0.282 e. The first-order chi connectivity index (χ1) is 13.4. The van der Waals surface area contributed by atoms with Gasteiger partial charge in [0.2, 0.25) is 5.91 Å². The lowest BCUT2D eigenvalue weighted by molar-refractivity contribution is -0.116. The smallest absolute Gasteiger partial charge is 0.282 e. The Hall–Kier alpha value is -2.61. The first kappa shape index (κ1) is 18.7. The molecule has 1 aliphatic rings. The molecule has 3 heterocycles. The van der Waals surface area contributed by atoms with Crippen LogP contribution in [0, 0.1) is 5.92 Å². The van der Waals surface area contributed by atoms with Crippen molar-refractivity contribution in [1.82, 2.24) is 19.3 Å². The Morgan fingerprint density at radius 3 is 2.86 bits per heavy atom. The van der Waals surface area contributed by atoms with Gasteiger partial charge in [0, 0.05) is 25.8 Å². The number of thioether (sulfide) groups is 1. The Bertz CT molecular complexity index is 1100. The van der Waals surface area contributed by atoms with Gasteiger partial charge in [0.25, 0.3) is 5.56 Å². The van der Waals surface area contributed by atoms with E-state index in [4.69, 9.17) is 0 Å². The highest BCUT2D eigenvalue weighted by Gasteiger charge is 2.25. The van der Waals surface area contributed by atoms with Crippen LogP contribution in [-0.4, -0.2) is 37.5 Å². The van der Waals surface area contributed by atoms with Gasteiger partial charge in [0.1, 0.15) is 5.52 Å². The van der Waals surface area contributed by atoms with Crippen LogP contribution >= 0.6 is 11.8 Å². The molecule has 7 nitrogen and oxygen atoms in total. The number of nitrogens with zero attached hydrogens (tertiary/aromatic N) is 5. The highest BCUT2D eigenvalue weighted by Crippen LogP contribution is 2.28. The monoisotopic (exact) mass is 397 g/mol. The highest BCUT2D eigenvalue weighted by molar-refractivity contribution is 7.99. The van der Waals surface area contributed by atoms with Crippen molar-refractivity contribution in [2.24, 2.45) is 13.0 Å². The fourth-order valence-corrected chi connectivity index (χ4v) is 4.41. The zero-order valence-electron chi connectivity index (χ0n) is 16.3. The molecule has 0 aliphatic carbocycles. The van der Waals surface area contributed by atoms with Crippen LogP contribution in [-0.2, 0) is 24.8 Å². The largest absolute Gasteiger partial charge is 0.311 e. The molecule has 1 aliphatic heterocycles. The van der Waals surface area contributed by atoms with Crippen molar-refractivity contribution < 1.29 is 4.79 Å². The molecule has 0 unspecified atom stereocenters. The van der Waals surface area contributed by atoms with Gasteiger partial charge in [-0.25, -0.2) is 4.98 Å². The molecular formula is C20H23N5O2S. The van der Waals surface area contributed by atoms with Crippen LogP contribution in [0.2, 0.25) is 0 Å². The third kappa shape index (κ3) is 3.44. The lowest BCUT2D eigenvalue weighted by atomic mass is 10.2. The third-order valence-corrected chi connectivity index (χ3v) is 5.73. The van der Waals surface area contributed by atoms with E-state index in [1.165, 1.54) is 17.3 Å². The molecule has 0 saturated carbocycles. The van der Waals surface area contributed by atoms with Crippen LogP contribution in [0.1, 0.15) is 19.4 Å². The second kappa shape index (κ2) is 7.43. The van der Waals surface area contributed by atoms with E-state index in [0.29, 0.717) is 29.3 Å². The molecule has 0 N–H and O–H groups in total. The molecule has 0 fully saturated rings. The van der Waals surface area contributed by atoms with Gasteiger partial charge >= 0.3 is 0 Å². The van der Waals surface area contributed by atoms with E-state index in [1.807, 2.05) is 23.1 Å². The summed E-state index contributed by atoms with van der Waals surface area (Å²) in [5.74, 6) is 0.553. The Balaban J connectivity index is 1.60. The molecule has 0 bridgehead atoms. The number of para-hydroxylation sites is 1. The van der Waals surface area contributed by atoms with E-state index in [9.17, 15) is 9.59 Å². The van der Waals surface area contributed by atoms with E-state index in [-0.39, 0.29) is 23.1 Å². The molecule has 0 saturated heterocycles. The lowest BCUT2D eigenvalue weighted by Crippen LogP contribution is -2.31. The van der Waals surface area contributed by atoms with Crippen molar-refractivity contribution in [3.8, 4) is 0 Å². The summed E-state index contributed by atoms with van der Waals surface area (Å²) in [6.45, 7) is 5.35. The molecular weight excluding hydrogens is 374 g/mol. The minimum Gasteiger partial charge on any atom is -0.311 e. The number of benzene rings is 1. The number of carbonyl (C=O) groups is 1. The minimum absolute atomic E-state index is 0.0339. The fourth-order valence-electron chi connectivity index (χ4n) is 3.53. The second-order valence-corrected chi connectivity index (χ2v) is 8.40. The van der Waals surface area contributed by atoms with Gasteiger partial charge in [-0.1, -0.05) is 43.8 Å². The van der Waals surface area contributed by atoms with Gasteiger partial charge in [-0.3, -0.25) is 18.8 Å². The number of aryl methyl sites for hydroxylation is 1. The van der Waals surface area contributed by atoms with Crippen LogP contribution < -0.4 is 10.5 Å². The quantitative estimate of drug-likeness (QED) is 0.488. The average molecular weight is 398 g/mol. The van der Waals surface area contributed by atoms with Crippen LogP contribution in [0.25, 0.3) is 11.0 Å². The van der Waals surface area contributed by atoms with Crippen molar-refractivity contribution in [1.29, 1.82) is 0 Å². The van der Waals surface area contributed by atoms with Gasteiger partial charge < -0.3 is 4.90 Å². The lowest BCUT2D eigenvalue weighted by Gasteiger charge is -2.18. The van der Waals surface area contributed by atoms with Crippen molar-refractivity contribution in [3.05, 3.63) is 46.4 Å². The van der Waals surface area contributed by atoms with E-state index >= 15 is 0 Å². The zero-order valence-corrected chi connectivity index (χ0v) is 17.1. The van der Waals surface area contributed by atoms with Crippen LogP contribution in [0.15, 0.2) is 40.4 Å². The number of amides is 1. The molecule has 28 heavy (non-hydrogen) atoms. The van der Waals surface area contributed by atoms with Gasteiger partial charge in [-0.05, 0) is 24.0 Å². The molecule has 8 heteroatoms. The van der Waals surface area contributed by atoms with Crippen molar-refractivity contribution in [2.75, 3.05) is 17.2 Å². The van der Waals surface area contributed by atoms with E-state index < -0.39 is 0 Å².